The molecule has 2 aromatic carbocycles. The second-order valence-electron chi connectivity index (χ2n) is 6.34. The van der Waals surface area contributed by atoms with Crippen LogP contribution in [0, 0.1) is 24.5 Å². The third-order valence-corrected chi connectivity index (χ3v) is 4.30. The van der Waals surface area contributed by atoms with Gasteiger partial charge >= 0.3 is 6.03 Å². The zero-order chi connectivity index (χ0) is 18.7. The van der Waals surface area contributed by atoms with Gasteiger partial charge in [0.05, 0.1) is 0 Å². The molecule has 7 heteroatoms. The number of urea groups is 1. The maximum absolute atomic E-state index is 13.5. The van der Waals surface area contributed by atoms with Crippen molar-refractivity contribution in [2.45, 2.75) is 13.3 Å². The van der Waals surface area contributed by atoms with E-state index in [4.69, 9.17) is 0 Å². The van der Waals surface area contributed by atoms with Crippen molar-refractivity contribution < 1.29 is 18.4 Å². The Labute approximate surface area is 150 Å². The number of benzene rings is 2. The minimum atomic E-state index is -0.846. The molecule has 3 rings (SSSR count). The van der Waals surface area contributed by atoms with Crippen LogP contribution in [0.15, 0.2) is 42.5 Å². The normalized spacial score (nSPS) is 16.7. The van der Waals surface area contributed by atoms with Crippen LogP contribution in [-0.4, -0.2) is 25.0 Å². The SMILES string of the molecule is Cc1ccc(N2C[C@H](CNC(=O)Nc3c(F)cccc3F)CC2=O)cc1. The van der Waals surface area contributed by atoms with Gasteiger partial charge in [-0.1, -0.05) is 23.8 Å². The van der Waals surface area contributed by atoms with Crippen molar-refractivity contribution in [1.29, 1.82) is 0 Å². The molecule has 2 N–H and O–H groups in total. The van der Waals surface area contributed by atoms with Crippen molar-refractivity contribution in [3.63, 3.8) is 0 Å². The van der Waals surface area contributed by atoms with Gasteiger partial charge in [-0.2, -0.15) is 0 Å². The first-order chi connectivity index (χ1) is 12.4. The number of carbonyl (C=O) groups excluding carboxylic acids is 2. The zero-order valence-corrected chi connectivity index (χ0v) is 14.3. The first-order valence-electron chi connectivity index (χ1n) is 8.30. The van der Waals surface area contributed by atoms with Crippen LogP contribution in [0.4, 0.5) is 25.0 Å². The molecule has 1 heterocycles. The number of amides is 3. The fourth-order valence-electron chi connectivity index (χ4n) is 2.90. The second kappa shape index (κ2) is 7.51. The molecule has 0 radical (unpaired) electrons. The van der Waals surface area contributed by atoms with Gasteiger partial charge in [-0.25, -0.2) is 13.6 Å². The number of hydrogen-bond acceptors (Lipinski definition) is 2. The summed E-state index contributed by atoms with van der Waals surface area (Å²) < 4.78 is 27.1. The predicted octanol–water partition coefficient (Wildman–Crippen LogP) is 3.45. The third kappa shape index (κ3) is 3.99. The molecule has 1 saturated heterocycles. The molecule has 0 aliphatic carbocycles. The Morgan fingerprint density at radius 2 is 1.81 bits per heavy atom. The maximum atomic E-state index is 13.5. The summed E-state index contributed by atoms with van der Waals surface area (Å²) in [5.41, 5.74) is 1.44. The Morgan fingerprint density at radius 3 is 2.46 bits per heavy atom. The van der Waals surface area contributed by atoms with Gasteiger partial charge in [-0.3, -0.25) is 4.79 Å². The van der Waals surface area contributed by atoms with Crippen LogP contribution in [0.5, 0.6) is 0 Å². The average Bonchev–Trinajstić information content (AvgIpc) is 2.98. The number of para-hydroxylation sites is 1. The van der Waals surface area contributed by atoms with E-state index in [9.17, 15) is 18.4 Å². The largest absolute Gasteiger partial charge is 0.338 e. The Kier molecular flexibility index (Phi) is 5.16. The molecule has 0 saturated carbocycles. The zero-order valence-electron chi connectivity index (χ0n) is 14.3. The van der Waals surface area contributed by atoms with Crippen LogP contribution in [0.1, 0.15) is 12.0 Å². The number of anilines is 2. The van der Waals surface area contributed by atoms with Crippen LogP contribution >= 0.6 is 0 Å². The van der Waals surface area contributed by atoms with Crippen LogP contribution in [0.3, 0.4) is 0 Å². The van der Waals surface area contributed by atoms with E-state index in [-0.39, 0.29) is 18.4 Å². The number of rotatable bonds is 4. The quantitative estimate of drug-likeness (QED) is 0.878. The standard InChI is InChI=1S/C19H19F2N3O2/c1-12-5-7-14(8-6-12)24-11-13(9-17(24)25)10-22-19(26)23-18-15(20)3-2-4-16(18)21/h2-8,13H,9-11H2,1H3,(H2,22,23,26)/t13-/m0/s1. The maximum Gasteiger partial charge on any atom is 0.319 e. The molecule has 0 unspecified atom stereocenters. The first-order valence-corrected chi connectivity index (χ1v) is 8.30. The number of nitrogens with one attached hydrogen (secondary N) is 2. The molecular formula is C19H19F2N3O2. The molecule has 1 aliphatic rings. The number of carbonyl (C=O) groups is 2. The van der Waals surface area contributed by atoms with E-state index >= 15 is 0 Å². The average molecular weight is 359 g/mol. The number of aryl methyl sites for hydroxylation is 1. The molecule has 2 aromatic rings. The highest BCUT2D eigenvalue weighted by atomic mass is 19.1. The summed E-state index contributed by atoms with van der Waals surface area (Å²) in [5.74, 6) is -1.77. The molecule has 1 aliphatic heterocycles. The van der Waals surface area contributed by atoms with E-state index in [1.807, 2.05) is 31.2 Å². The number of halogens is 2. The Bertz CT molecular complexity index is 804. The molecule has 0 aromatic heterocycles. The highest BCUT2D eigenvalue weighted by Gasteiger charge is 2.30. The summed E-state index contributed by atoms with van der Waals surface area (Å²) in [6.07, 6.45) is 0.308. The van der Waals surface area contributed by atoms with Crippen LogP contribution in [0.2, 0.25) is 0 Å². The topological polar surface area (TPSA) is 61.4 Å². The minimum Gasteiger partial charge on any atom is -0.338 e. The lowest BCUT2D eigenvalue weighted by Crippen LogP contribution is -2.34. The lowest BCUT2D eigenvalue weighted by Gasteiger charge is -2.17. The van der Waals surface area contributed by atoms with E-state index in [1.54, 1.807) is 4.90 Å². The van der Waals surface area contributed by atoms with E-state index in [0.717, 1.165) is 23.4 Å². The Hall–Kier alpha value is -2.96. The molecule has 5 nitrogen and oxygen atoms in total. The second-order valence-corrected chi connectivity index (χ2v) is 6.34. The van der Waals surface area contributed by atoms with E-state index in [0.29, 0.717) is 13.0 Å². The van der Waals surface area contributed by atoms with Gasteiger partial charge in [-0.15, -0.1) is 0 Å². The summed E-state index contributed by atoms with van der Waals surface area (Å²) in [5, 5.41) is 4.73. The highest BCUT2D eigenvalue weighted by Crippen LogP contribution is 2.25. The van der Waals surface area contributed by atoms with Gasteiger partial charge in [-0.05, 0) is 31.2 Å². The molecule has 3 amide bonds. The summed E-state index contributed by atoms with van der Waals surface area (Å²) in [4.78, 5) is 25.8. The van der Waals surface area contributed by atoms with Gasteiger partial charge < -0.3 is 15.5 Å². The van der Waals surface area contributed by atoms with Gasteiger partial charge in [0.2, 0.25) is 5.91 Å². The molecular weight excluding hydrogens is 340 g/mol. The summed E-state index contributed by atoms with van der Waals surface area (Å²) >= 11 is 0. The van der Waals surface area contributed by atoms with Crippen molar-refractivity contribution in [2.24, 2.45) is 5.92 Å². The predicted molar refractivity (Wildman–Crippen MR) is 95.0 cm³/mol. The van der Waals surface area contributed by atoms with Crippen molar-refractivity contribution >= 4 is 23.3 Å². The number of hydrogen-bond donors (Lipinski definition) is 2. The Balaban J connectivity index is 1.54. The highest BCUT2D eigenvalue weighted by molar-refractivity contribution is 5.96. The molecule has 26 heavy (non-hydrogen) atoms. The van der Waals surface area contributed by atoms with Crippen molar-refractivity contribution in [1.82, 2.24) is 5.32 Å². The monoisotopic (exact) mass is 359 g/mol. The van der Waals surface area contributed by atoms with Crippen LogP contribution in [-0.2, 0) is 4.79 Å². The van der Waals surface area contributed by atoms with Gasteiger partial charge in [0, 0.05) is 31.1 Å². The summed E-state index contributed by atoms with van der Waals surface area (Å²) in [6, 6.07) is 10.3. The smallest absolute Gasteiger partial charge is 0.319 e. The Morgan fingerprint density at radius 1 is 1.15 bits per heavy atom. The third-order valence-electron chi connectivity index (χ3n) is 4.30. The summed E-state index contributed by atoms with van der Waals surface area (Å²) in [6.45, 7) is 2.69. The lowest BCUT2D eigenvalue weighted by atomic mass is 10.1. The minimum absolute atomic E-state index is 0.0128. The molecule has 1 fully saturated rings. The number of nitrogens with zero attached hydrogens (tertiary/aromatic N) is 1. The van der Waals surface area contributed by atoms with Crippen molar-refractivity contribution in [2.75, 3.05) is 23.3 Å². The lowest BCUT2D eigenvalue weighted by molar-refractivity contribution is -0.117. The molecule has 136 valence electrons. The molecule has 1 atom stereocenters. The van der Waals surface area contributed by atoms with E-state index in [2.05, 4.69) is 10.6 Å². The summed E-state index contributed by atoms with van der Waals surface area (Å²) in [7, 11) is 0. The van der Waals surface area contributed by atoms with Gasteiger partial charge in [0.1, 0.15) is 17.3 Å². The van der Waals surface area contributed by atoms with E-state index in [1.165, 1.54) is 6.07 Å². The first kappa shape index (κ1) is 17.8. The fourth-order valence-corrected chi connectivity index (χ4v) is 2.90. The molecule has 0 bridgehead atoms. The van der Waals surface area contributed by atoms with Crippen molar-refractivity contribution in [3.05, 3.63) is 59.7 Å². The van der Waals surface area contributed by atoms with Gasteiger partial charge in [0.15, 0.2) is 0 Å². The molecule has 0 spiro atoms. The fraction of sp³-hybridized carbons (Fsp3) is 0.263. The van der Waals surface area contributed by atoms with Crippen LogP contribution in [0.25, 0.3) is 0 Å². The van der Waals surface area contributed by atoms with Crippen LogP contribution < -0.4 is 15.5 Å². The van der Waals surface area contributed by atoms with Crippen molar-refractivity contribution in [3.8, 4) is 0 Å². The van der Waals surface area contributed by atoms with E-state index < -0.39 is 23.4 Å². The van der Waals surface area contributed by atoms with Gasteiger partial charge in [0.25, 0.3) is 0 Å².